The van der Waals surface area contributed by atoms with Gasteiger partial charge in [0.25, 0.3) is 0 Å². The summed E-state index contributed by atoms with van der Waals surface area (Å²) in [5, 5.41) is 6.74. The molecule has 1 unspecified atom stereocenters. The lowest BCUT2D eigenvalue weighted by molar-refractivity contribution is 0.423. The van der Waals surface area contributed by atoms with Crippen LogP contribution < -0.4 is 10.6 Å². The number of rotatable bonds is 1. The van der Waals surface area contributed by atoms with Crippen molar-refractivity contribution in [3.05, 3.63) is 30.1 Å². The summed E-state index contributed by atoms with van der Waals surface area (Å²) in [4.78, 5) is 4.30. The Morgan fingerprint density at radius 1 is 1.31 bits per heavy atom. The minimum Gasteiger partial charge on any atom is -0.314 e. The molecule has 13 heavy (non-hydrogen) atoms. The van der Waals surface area contributed by atoms with Gasteiger partial charge in [-0.05, 0) is 12.1 Å². The molecule has 0 bridgehead atoms. The SMILES string of the molecule is Cl.c1ccc(C2CNCCN2)nc1. The van der Waals surface area contributed by atoms with E-state index in [2.05, 4.69) is 21.7 Å². The molecule has 0 aliphatic carbocycles. The fourth-order valence-electron chi connectivity index (χ4n) is 1.44. The fourth-order valence-corrected chi connectivity index (χ4v) is 1.44. The lowest BCUT2D eigenvalue weighted by Crippen LogP contribution is -2.42. The molecule has 4 heteroatoms. The van der Waals surface area contributed by atoms with Gasteiger partial charge in [0.1, 0.15) is 0 Å². The van der Waals surface area contributed by atoms with Crippen LogP contribution in [0.5, 0.6) is 0 Å². The van der Waals surface area contributed by atoms with Gasteiger partial charge in [-0.2, -0.15) is 0 Å². The Morgan fingerprint density at radius 2 is 2.23 bits per heavy atom. The van der Waals surface area contributed by atoms with Crippen LogP contribution in [0.15, 0.2) is 24.4 Å². The van der Waals surface area contributed by atoms with Crippen molar-refractivity contribution >= 4 is 12.4 Å². The molecule has 3 nitrogen and oxygen atoms in total. The van der Waals surface area contributed by atoms with Crippen molar-refractivity contribution in [2.45, 2.75) is 6.04 Å². The second-order valence-electron chi connectivity index (χ2n) is 2.97. The van der Waals surface area contributed by atoms with Crippen molar-refractivity contribution in [3.8, 4) is 0 Å². The first-order valence-electron chi connectivity index (χ1n) is 4.32. The zero-order valence-electron chi connectivity index (χ0n) is 7.36. The standard InChI is InChI=1S/C9H13N3.ClH/c1-2-4-11-8(3-1)9-7-10-5-6-12-9;/h1-4,9-10,12H,5-7H2;1H. The highest BCUT2D eigenvalue weighted by molar-refractivity contribution is 5.85. The Morgan fingerprint density at radius 3 is 2.85 bits per heavy atom. The molecule has 72 valence electrons. The van der Waals surface area contributed by atoms with Crippen molar-refractivity contribution in [1.82, 2.24) is 15.6 Å². The molecule has 1 aromatic heterocycles. The van der Waals surface area contributed by atoms with E-state index in [1.165, 1.54) is 0 Å². The highest BCUT2D eigenvalue weighted by Gasteiger charge is 2.13. The molecule has 2 N–H and O–H groups in total. The molecular formula is C9H14ClN3. The zero-order valence-corrected chi connectivity index (χ0v) is 8.18. The van der Waals surface area contributed by atoms with E-state index >= 15 is 0 Å². The van der Waals surface area contributed by atoms with Gasteiger partial charge in [0.05, 0.1) is 11.7 Å². The third kappa shape index (κ3) is 2.66. The predicted molar refractivity (Wildman–Crippen MR) is 55.1 cm³/mol. The Bertz CT molecular complexity index is 234. The maximum atomic E-state index is 4.30. The summed E-state index contributed by atoms with van der Waals surface area (Å²) in [5.74, 6) is 0. The van der Waals surface area contributed by atoms with Crippen molar-refractivity contribution in [2.24, 2.45) is 0 Å². The van der Waals surface area contributed by atoms with Crippen LogP contribution >= 0.6 is 12.4 Å². The third-order valence-corrected chi connectivity index (χ3v) is 2.09. The van der Waals surface area contributed by atoms with E-state index < -0.39 is 0 Å². The number of piperazine rings is 1. The molecule has 0 aromatic carbocycles. The van der Waals surface area contributed by atoms with Crippen LogP contribution in [-0.2, 0) is 0 Å². The molecule has 0 spiro atoms. The summed E-state index contributed by atoms with van der Waals surface area (Å²) >= 11 is 0. The van der Waals surface area contributed by atoms with Gasteiger partial charge in [-0.3, -0.25) is 4.98 Å². The molecule has 1 saturated heterocycles. The molecular weight excluding hydrogens is 186 g/mol. The highest BCUT2D eigenvalue weighted by atomic mass is 35.5. The molecule has 2 heterocycles. The predicted octanol–water partition coefficient (Wildman–Crippen LogP) is 0.737. The lowest BCUT2D eigenvalue weighted by atomic mass is 10.1. The second kappa shape index (κ2) is 5.17. The summed E-state index contributed by atoms with van der Waals surface area (Å²) in [7, 11) is 0. The van der Waals surface area contributed by atoms with Crippen molar-refractivity contribution < 1.29 is 0 Å². The number of nitrogens with one attached hydrogen (secondary N) is 2. The summed E-state index contributed by atoms with van der Waals surface area (Å²) < 4.78 is 0. The quantitative estimate of drug-likeness (QED) is 0.701. The van der Waals surface area contributed by atoms with Gasteiger partial charge in [-0.15, -0.1) is 12.4 Å². The molecule has 1 aliphatic heterocycles. The summed E-state index contributed by atoms with van der Waals surface area (Å²) in [6, 6.07) is 6.42. The summed E-state index contributed by atoms with van der Waals surface area (Å²) in [6.07, 6.45) is 1.84. The zero-order chi connectivity index (χ0) is 8.23. The fraction of sp³-hybridized carbons (Fsp3) is 0.444. The van der Waals surface area contributed by atoms with Gasteiger partial charge >= 0.3 is 0 Å². The summed E-state index contributed by atoms with van der Waals surface area (Å²) in [5.41, 5.74) is 1.13. The topological polar surface area (TPSA) is 37.0 Å². The molecule has 1 aliphatic rings. The van der Waals surface area contributed by atoms with Gasteiger partial charge in [0.2, 0.25) is 0 Å². The van der Waals surface area contributed by atoms with Crippen LogP contribution in [0.2, 0.25) is 0 Å². The second-order valence-corrected chi connectivity index (χ2v) is 2.97. The first-order valence-corrected chi connectivity index (χ1v) is 4.32. The van der Waals surface area contributed by atoms with Crippen LogP contribution in [0.1, 0.15) is 11.7 Å². The molecule has 2 rings (SSSR count). The van der Waals surface area contributed by atoms with Crippen LogP contribution in [0.25, 0.3) is 0 Å². The number of hydrogen-bond donors (Lipinski definition) is 2. The van der Waals surface area contributed by atoms with E-state index in [0.717, 1.165) is 25.3 Å². The van der Waals surface area contributed by atoms with Gasteiger partial charge in [0, 0.05) is 25.8 Å². The number of pyridine rings is 1. The van der Waals surface area contributed by atoms with Crippen LogP contribution in [0.4, 0.5) is 0 Å². The maximum Gasteiger partial charge on any atom is 0.0622 e. The third-order valence-electron chi connectivity index (χ3n) is 2.09. The number of halogens is 1. The highest BCUT2D eigenvalue weighted by Crippen LogP contribution is 2.08. The molecule has 0 saturated carbocycles. The normalized spacial score (nSPS) is 22.0. The molecule has 1 fully saturated rings. The van der Waals surface area contributed by atoms with Crippen LogP contribution in [-0.4, -0.2) is 24.6 Å². The van der Waals surface area contributed by atoms with Gasteiger partial charge < -0.3 is 10.6 Å². The first kappa shape index (κ1) is 10.4. The Balaban J connectivity index is 0.000000845. The monoisotopic (exact) mass is 199 g/mol. The Kier molecular flexibility index (Phi) is 4.15. The summed E-state index contributed by atoms with van der Waals surface area (Å²) in [6.45, 7) is 3.07. The smallest absolute Gasteiger partial charge is 0.0622 e. The van der Waals surface area contributed by atoms with E-state index in [1.54, 1.807) is 0 Å². The first-order chi connectivity index (χ1) is 5.97. The van der Waals surface area contributed by atoms with Crippen molar-refractivity contribution in [2.75, 3.05) is 19.6 Å². The molecule has 1 aromatic rings. The molecule has 0 radical (unpaired) electrons. The maximum absolute atomic E-state index is 4.30. The minimum absolute atomic E-state index is 0. The van der Waals surface area contributed by atoms with Crippen molar-refractivity contribution in [3.63, 3.8) is 0 Å². The van der Waals surface area contributed by atoms with E-state index in [9.17, 15) is 0 Å². The lowest BCUT2D eigenvalue weighted by Gasteiger charge is -2.23. The van der Waals surface area contributed by atoms with Gasteiger partial charge in [-0.25, -0.2) is 0 Å². The minimum atomic E-state index is 0. The van der Waals surface area contributed by atoms with E-state index in [-0.39, 0.29) is 12.4 Å². The number of nitrogens with zero attached hydrogens (tertiary/aromatic N) is 1. The Hall–Kier alpha value is -0.640. The van der Waals surface area contributed by atoms with E-state index in [1.807, 2.05) is 18.3 Å². The molecule has 0 amide bonds. The number of hydrogen-bond acceptors (Lipinski definition) is 3. The number of aromatic nitrogens is 1. The average molecular weight is 200 g/mol. The Labute approximate surface area is 84.4 Å². The van der Waals surface area contributed by atoms with Gasteiger partial charge in [0.15, 0.2) is 0 Å². The molecule has 1 atom stereocenters. The van der Waals surface area contributed by atoms with Gasteiger partial charge in [-0.1, -0.05) is 6.07 Å². The largest absolute Gasteiger partial charge is 0.314 e. The average Bonchev–Trinajstić information content (AvgIpc) is 2.21. The van der Waals surface area contributed by atoms with Crippen LogP contribution in [0.3, 0.4) is 0 Å². The van der Waals surface area contributed by atoms with E-state index in [4.69, 9.17) is 0 Å². The van der Waals surface area contributed by atoms with Crippen LogP contribution in [0, 0.1) is 0 Å². The van der Waals surface area contributed by atoms with Crippen molar-refractivity contribution in [1.29, 1.82) is 0 Å². The van der Waals surface area contributed by atoms with E-state index in [0.29, 0.717) is 6.04 Å².